The van der Waals surface area contributed by atoms with Gasteiger partial charge in [-0.1, -0.05) is 119 Å². The van der Waals surface area contributed by atoms with Gasteiger partial charge in [-0.3, -0.25) is 33.6 Å². The summed E-state index contributed by atoms with van der Waals surface area (Å²) in [5.74, 6) is -2.12. The van der Waals surface area contributed by atoms with E-state index in [9.17, 15) is 33.6 Å². The van der Waals surface area contributed by atoms with Crippen molar-refractivity contribution in [2.24, 2.45) is 5.41 Å². The van der Waals surface area contributed by atoms with Crippen molar-refractivity contribution in [2.75, 3.05) is 26.8 Å². The van der Waals surface area contributed by atoms with Crippen molar-refractivity contribution in [3.05, 3.63) is 130 Å². The van der Waals surface area contributed by atoms with Crippen molar-refractivity contribution in [2.45, 2.75) is 159 Å². The Kier molecular flexibility index (Phi) is 18.1. The van der Waals surface area contributed by atoms with Gasteiger partial charge in [0.05, 0.1) is 32.2 Å². The van der Waals surface area contributed by atoms with E-state index in [0.29, 0.717) is 17.8 Å². The van der Waals surface area contributed by atoms with Crippen LogP contribution in [0.5, 0.6) is 0 Å². The summed E-state index contributed by atoms with van der Waals surface area (Å²) >= 11 is 0. The predicted molar refractivity (Wildman–Crippen MR) is 306 cm³/mol. The molecule has 9 atom stereocenters. The third-order valence-electron chi connectivity index (χ3n) is 16.4. The molecule has 0 spiro atoms. The maximum absolute atomic E-state index is 14.8. The number of carbonyl (C=O) groups excluding carboxylic acids is 7. The quantitative estimate of drug-likeness (QED) is 0.0649. The minimum atomic E-state index is -2.00. The molecule has 0 saturated carbocycles. The lowest BCUT2D eigenvalue weighted by molar-refractivity contribution is -0.144. The minimum Gasteiger partial charge on any atom is -0.348 e. The van der Waals surface area contributed by atoms with Gasteiger partial charge in [0.15, 0.2) is 0 Å². The molecule has 0 bridgehead atoms. The van der Waals surface area contributed by atoms with Crippen LogP contribution in [0.1, 0.15) is 117 Å². The molecular formula is C61H81N9O7Si. The summed E-state index contributed by atoms with van der Waals surface area (Å²) in [5, 5.41) is 21.5. The van der Waals surface area contributed by atoms with E-state index in [4.69, 9.17) is 0 Å². The Hall–Kier alpha value is -6.69. The zero-order valence-electron chi connectivity index (χ0n) is 47.0. The third-order valence-corrected chi connectivity index (χ3v) is 19.1. The van der Waals surface area contributed by atoms with E-state index in [1.54, 1.807) is 45.0 Å². The van der Waals surface area contributed by atoms with Gasteiger partial charge in [-0.2, -0.15) is 0 Å². The van der Waals surface area contributed by atoms with Crippen molar-refractivity contribution < 1.29 is 33.6 Å². The van der Waals surface area contributed by atoms with Crippen LogP contribution < -0.4 is 37.2 Å². The van der Waals surface area contributed by atoms with Crippen molar-refractivity contribution >= 4 is 49.4 Å². The molecule has 0 radical (unpaired) electrons. The van der Waals surface area contributed by atoms with Crippen LogP contribution in [0, 0.1) is 5.41 Å². The molecule has 8 rings (SSSR count). The number of likely N-dealkylation sites (tertiary alicyclic amines) is 1. The van der Waals surface area contributed by atoms with E-state index in [0.717, 1.165) is 66.3 Å². The Morgan fingerprint density at radius 2 is 1.14 bits per heavy atom. The molecule has 2 saturated heterocycles. The number of aryl methyl sites for hydroxylation is 2. The number of hydrogen-bond acceptors (Lipinski definition) is 9. The standard InChI is InChI=1S/C61H81N9O7Si/c1-37(62-6)54(71)67-50(59(76)70-36-78(8,9)35-52(70)58(75)66-49-23-15-19-43-17-11-13-21-47(43)49)32-39-24-26-40(27-25-39)41-28-30-44(31-29-41)56(73)64-45-33-51(57(74)65-48-22-14-18-42-16-10-12-20-46(42)48)69(34-45)60(77)53(61(3,4)5)68-55(72)38(2)63-7/h10-13,16-17,20-21,24-31,37-38,45,48-53,62-63H,14-15,18-19,22-23,32-36H2,1-9H3,(H,64,73)(H,65,74)(H,66,75)(H,67,71)(H,68,72)/t37?,38?,45-,48+,49+,50?,51-,52?,53?/m0/s1. The fraction of sp³-hybridized carbons (Fsp3) is 0.492. The highest BCUT2D eigenvalue weighted by Gasteiger charge is 2.48. The Labute approximate surface area is 461 Å². The number of amides is 7. The number of nitrogens with zero attached hydrogens (tertiary/aromatic N) is 2. The van der Waals surface area contributed by atoms with Crippen molar-refractivity contribution in [1.29, 1.82) is 0 Å². The van der Waals surface area contributed by atoms with Gasteiger partial charge in [0.2, 0.25) is 35.4 Å². The summed E-state index contributed by atoms with van der Waals surface area (Å²) in [6.45, 7) is 13.6. The Morgan fingerprint density at radius 1 is 0.628 bits per heavy atom. The molecule has 4 aliphatic rings. The van der Waals surface area contributed by atoms with E-state index in [1.807, 2.05) is 87.5 Å². The minimum absolute atomic E-state index is 0.0760. The maximum Gasteiger partial charge on any atom is 0.251 e. The first-order valence-corrected chi connectivity index (χ1v) is 31.4. The Morgan fingerprint density at radius 3 is 1.68 bits per heavy atom. The van der Waals surface area contributed by atoms with Gasteiger partial charge in [0, 0.05) is 30.7 Å². The number of hydrogen-bond donors (Lipinski definition) is 7. The molecule has 2 aliphatic heterocycles. The van der Waals surface area contributed by atoms with Gasteiger partial charge in [0.1, 0.15) is 24.2 Å². The van der Waals surface area contributed by atoms with Crippen LogP contribution >= 0.6 is 0 Å². The molecule has 416 valence electrons. The lowest BCUT2D eigenvalue weighted by Gasteiger charge is -2.36. The Balaban J connectivity index is 0.950. The molecular weight excluding hydrogens is 999 g/mol. The number of benzene rings is 4. The molecule has 7 amide bonds. The molecule has 5 unspecified atom stereocenters. The van der Waals surface area contributed by atoms with Crippen LogP contribution in [0.25, 0.3) is 11.1 Å². The second kappa shape index (κ2) is 24.5. The van der Waals surface area contributed by atoms with Crippen molar-refractivity contribution in [3.63, 3.8) is 0 Å². The molecule has 2 aliphatic carbocycles. The average molecular weight is 1080 g/mol. The molecule has 4 aromatic carbocycles. The maximum atomic E-state index is 14.8. The van der Waals surface area contributed by atoms with Gasteiger partial charge >= 0.3 is 0 Å². The number of likely N-dealkylation sites (N-methyl/N-ethyl adjacent to an activating group) is 2. The topological polar surface area (TPSA) is 210 Å². The summed E-state index contributed by atoms with van der Waals surface area (Å²) in [4.78, 5) is 102. The third kappa shape index (κ3) is 13.4. The van der Waals surface area contributed by atoms with Crippen molar-refractivity contribution in [1.82, 2.24) is 47.0 Å². The number of carbonyl (C=O) groups is 7. The number of fused-ring (bicyclic) bond motifs is 2. The van der Waals surface area contributed by atoms with Gasteiger partial charge in [0.25, 0.3) is 5.91 Å². The van der Waals surface area contributed by atoms with Gasteiger partial charge < -0.3 is 47.0 Å². The summed E-state index contributed by atoms with van der Waals surface area (Å²) < 4.78 is 0. The summed E-state index contributed by atoms with van der Waals surface area (Å²) in [6.07, 6.45) is 6.31. The summed E-state index contributed by atoms with van der Waals surface area (Å²) in [6, 6.07) is 26.5. The van der Waals surface area contributed by atoms with E-state index in [-0.39, 0.29) is 66.9 Å². The van der Waals surface area contributed by atoms with Crippen LogP contribution in [-0.2, 0) is 48.0 Å². The highest BCUT2D eigenvalue weighted by Crippen LogP contribution is 2.34. The summed E-state index contributed by atoms with van der Waals surface area (Å²) in [7, 11) is 1.37. The monoisotopic (exact) mass is 1080 g/mol. The molecule has 4 aromatic rings. The number of nitrogens with one attached hydrogen (secondary N) is 7. The van der Waals surface area contributed by atoms with Gasteiger partial charge in [-0.25, -0.2) is 0 Å². The van der Waals surface area contributed by atoms with Gasteiger partial charge in [-0.15, -0.1) is 0 Å². The molecule has 7 N–H and O–H groups in total. The van der Waals surface area contributed by atoms with E-state index in [2.05, 4.69) is 68.5 Å². The van der Waals surface area contributed by atoms with Crippen LogP contribution in [0.4, 0.5) is 0 Å². The van der Waals surface area contributed by atoms with Crippen LogP contribution in [0.15, 0.2) is 97.1 Å². The lowest BCUT2D eigenvalue weighted by Crippen LogP contribution is -2.59. The largest absolute Gasteiger partial charge is 0.348 e. The molecule has 78 heavy (non-hydrogen) atoms. The highest BCUT2D eigenvalue weighted by atomic mass is 28.3. The zero-order chi connectivity index (χ0) is 56.1. The molecule has 17 heteroatoms. The van der Waals surface area contributed by atoms with Crippen LogP contribution in [-0.4, -0.2) is 128 Å². The highest BCUT2D eigenvalue weighted by molar-refractivity contribution is 6.79. The van der Waals surface area contributed by atoms with Crippen molar-refractivity contribution in [3.8, 4) is 11.1 Å². The van der Waals surface area contributed by atoms with Crippen LogP contribution in [0.2, 0.25) is 19.1 Å². The lowest BCUT2D eigenvalue weighted by atomic mass is 9.85. The van der Waals surface area contributed by atoms with E-state index < -0.39 is 61.7 Å². The summed E-state index contributed by atoms with van der Waals surface area (Å²) in [5.41, 5.74) is 6.89. The second-order valence-electron chi connectivity index (χ2n) is 23.9. The normalized spacial score (nSPS) is 22.1. The van der Waals surface area contributed by atoms with Crippen LogP contribution in [0.3, 0.4) is 0 Å². The first-order valence-electron chi connectivity index (χ1n) is 28.0. The zero-order valence-corrected chi connectivity index (χ0v) is 48.0. The molecule has 2 fully saturated rings. The first-order chi connectivity index (χ1) is 37.1. The smallest absolute Gasteiger partial charge is 0.251 e. The molecule has 0 aromatic heterocycles. The fourth-order valence-electron chi connectivity index (χ4n) is 11.7. The average Bonchev–Trinajstić information content (AvgIpc) is 4.05. The number of rotatable bonds is 17. The SMILES string of the molecule is CNC(C)C(=O)NC(Cc1ccc(-c2ccc(C(=O)N[C@H]3C[C@@H](C(=O)N[C@@H]4CCCc5ccccc54)N(C(=O)C(NC(=O)C(C)NC)C(C)(C)C)C3)cc2)cc1)C(=O)N1C[Si](C)(C)CC1C(=O)N[C@@H]1CCCc2ccccc21. The Bertz CT molecular complexity index is 2850. The molecule has 16 nitrogen and oxygen atoms in total. The van der Waals surface area contributed by atoms with E-state index in [1.165, 1.54) is 16.0 Å². The molecule has 2 heterocycles. The fourth-order valence-corrected chi connectivity index (χ4v) is 14.6. The van der Waals surface area contributed by atoms with Gasteiger partial charge in [-0.05, 0) is 135 Å². The predicted octanol–water partition coefficient (Wildman–Crippen LogP) is 5.67. The second-order valence-corrected chi connectivity index (χ2v) is 29.0. The first kappa shape index (κ1) is 57.5. The van der Waals surface area contributed by atoms with E-state index >= 15 is 0 Å².